The van der Waals surface area contributed by atoms with E-state index in [1.54, 1.807) is 29.2 Å². The Morgan fingerprint density at radius 1 is 1.24 bits per heavy atom. The van der Waals surface area contributed by atoms with Gasteiger partial charge in [-0.1, -0.05) is 24.3 Å². The molecule has 1 aromatic carbocycles. The standard InChI is InChI=1S/C21H21F3N4O/c1-13(15-10-16-12-26-28(2)19(16)25-11-15)27-18(29)9-14-3-5-17(6-4-14)20(7-8-20)21(22,23)24/h3-6,10-13H,7-9H2,1-2H3,(H,27,29)/t13-/m1/s1. The Balaban J connectivity index is 1.40. The van der Waals surface area contributed by atoms with Crippen LogP contribution in [0.4, 0.5) is 13.2 Å². The molecule has 0 saturated heterocycles. The average Bonchev–Trinajstić information content (AvgIpc) is 3.41. The smallest absolute Gasteiger partial charge is 0.349 e. The van der Waals surface area contributed by atoms with Crippen LogP contribution in [0.15, 0.2) is 42.7 Å². The normalized spacial score (nSPS) is 16.6. The number of carbonyl (C=O) groups excluding carboxylic acids is 1. The number of alkyl halides is 3. The van der Waals surface area contributed by atoms with Gasteiger partial charge in [0.25, 0.3) is 0 Å². The molecule has 1 saturated carbocycles. The first-order valence-corrected chi connectivity index (χ1v) is 9.43. The first kappa shape index (κ1) is 19.4. The van der Waals surface area contributed by atoms with Gasteiger partial charge in [-0.25, -0.2) is 4.98 Å². The molecule has 0 unspecified atom stereocenters. The van der Waals surface area contributed by atoms with E-state index >= 15 is 0 Å². The van der Waals surface area contributed by atoms with Crippen LogP contribution in [0.1, 0.15) is 42.5 Å². The first-order chi connectivity index (χ1) is 13.7. The molecule has 0 aliphatic heterocycles. The zero-order valence-corrected chi connectivity index (χ0v) is 16.1. The Bertz CT molecular complexity index is 1050. The summed E-state index contributed by atoms with van der Waals surface area (Å²) < 4.78 is 41.3. The third kappa shape index (κ3) is 3.59. The number of pyridine rings is 1. The molecule has 1 fully saturated rings. The van der Waals surface area contributed by atoms with Gasteiger partial charge in [0.15, 0.2) is 5.65 Å². The fourth-order valence-electron chi connectivity index (χ4n) is 3.66. The lowest BCUT2D eigenvalue weighted by Crippen LogP contribution is -2.29. The van der Waals surface area contributed by atoms with Crippen LogP contribution in [0.5, 0.6) is 0 Å². The highest BCUT2D eigenvalue weighted by Gasteiger charge is 2.64. The number of fused-ring (bicyclic) bond motifs is 1. The SMILES string of the molecule is C[C@@H](NC(=O)Cc1ccc(C2(C(F)(F)F)CC2)cc1)c1cnc2c(cnn2C)c1. The van der Waals surface area contributed by atoms with Gasteiger partial charge < -0.3 is 5.32 Å². The number of halogens is 3. The highest BCUT2D eigenvalue weighted by molar-refractivity contribution is 5.79. The quantitative estimate of drug-likeness (QED) is 0.702. The summed E-state index contributed by atoms with van der Waals surface area (Å²) in [6.07, 6.45) is -0.450. The van der Waals surface area contributed by atoms with Crippen LogP contribution >= 0.6 is 0 Å². The molecule has 152 valence electrons. The summed E-state index contributed by atoms with van der Waals surface area (Å²) in [4.78, 5) is 16.8. The van der Waals surface area contributed by atoms with Crippen molar-refractivity contribution in [3.8, 4) is 0 Å². The van der Waals surface area contributed by atoms with Crippen molar-refractivity contribution in [2.24, 2.45) is 7.05 Å². The van der Waals surface area contributed by atoms with E-state index in [0.29, 0.717) is 5.56 Å². The van der Waals surface area contributed by atoms with Gasteiger partial charge in [0.1, 0.15) is 0 Å². The van der Waals surface area contributed by atoms with Gasteiger partial charge in [-0.05, 0) is 42.5 Å². The molecule has 29 heavy (non-hydrogen) atoms. The fraction of sp³-hybridized carbons (Fsp3) is 0.381. The van der Waals surface area contributed by atoms with Gasteiger partial charge in [0.2, 0.25) is 5.91 Å². The van der Waals surface area contributed by atoms with Gasteiger partial charge in [-0.3, -0.25) is 9.48 Å². The van der Waals surface area contributed by atoms with Gasteiger partial charge in [0.05, 0.1) is 24.1 Å². The van der Waals surface area contributed by atoms with Crippen LogP contribution < -0.4 is 5.32 Å². The third-order valence-corrected chi connectivity index (χ3v) is 5.63. The van der Waals surface area contributed by atoms with Gasteiger partial charge in [0, 0.05) is 18.6 Å². The minimum absolute atomic E-state index is 0.103. The zero-order chi connectivity index (χ0) is 20.8. The first-order valence-electron chi connectivity index (χ1n) is 9.43. The van der Waals surface area contributed by atoms with E-state index < -0.39 is 11.6 Å². The lowest BCUT2D eigenvalue weighted by Gasteiger charge is -2.20. The molecule has 8 heteroatoms. The Kier molecular flexibility index (Phi) is 4.59. The Morgan fingerprint density at radius 2 is 1.93 bits per heavy atom. The van der Waals surface area contributed by atoms with Crippen LogP contribution in [0.25, 0.3) is 11.0 Å². The number of aromatic nitrogens is 3. The number of aryl methyl sites for hydroxylation is 1. The Morgan fingerprint density at radius 3 is 2.55 bits per heavy atom. The van der Waals surface area contributed by atoms with Crippen molar-refractivity contribution in [2.75, 3.05) is 0 Å². The lowest BCUT2D eigenvalue weighted by atomic mass is 9.94. The van der Waals surface area contributed by atoms with E-state index in [1.165, 1.54) is 12.1 Å². The number of amides is 1. The van der Waals surface area contributed by atoms with Crippen molar-refractivity contribution >= 4 is 16.9 Å². The second-order valence-corrected chi connectivity index (χ2v) is 7.69. The number of hydrogen-bond acceptors (Lipinski definition) is 3. The molecule has 0 bridgehead atoms. The molecule has 1 atom stereocenters. The number of hydrogen-bond donors (Lipinski definition) is 1. The number of carbonyl (C=O) groups is 1. The molecular weight excluding hydrogens is 381 g/mol. The van der Waals surface area contributed by atoms with Gasteiger partial charge in [-0.2, -0.15) is 18.3 Å². The predicted molar refractivity (Wildman–Crippen MR) is 102 cm³/mol. The number of nitrogens with one attached hydrogen (secondary N) is 1. The molecule has 4 rings (SSSR count). The molecule has 0 radical (unpaired) electrons. The van der Waals surface area contributed by atoms with E-state index in [4.69, 9.17) is 0 Å². The molecule has 2 aromatic heterocycles. The summed E-state index contributed by atoms with van der Waals surface area (Å²) in [6.45, 7) is 1.86. The van der Waals surface area contributed by atoms with Crippen molar-refractivity contribution in [1.82, 2.24) is 20.1 Å². The summed E-state index contributed by atoms with van der Waals surface area (Å²) in [5, 5.41) is 7.95. The summed E-state index contributed by atoms with van der Waals surface area (Å²) in [7, 11) is 1.81. The van der Waals surface area contributed by atoms with E-state index in [2.05, 4.69) is 15.4 Å². The highest BCUT2D eigenvalue weighted by atomic mass is 19.4. The van der Waals surface area contributed by atoms with Crippen LogP contribution in [-0.2, 0) is 23.7 Å². The van der Waals surface area contributed by atoms with Crippen LogP contribution in [0, 0.1) is 0 Å². The maximum atomic E-state index is 13.2. The van der Waals surface area contributed by atoms with E-state index in [0.717, 1.165) is 16.6 Å². The summed E-state index contributed by atoms with van der Waals surface area (Å²) in [5.74, 6) is -0.200. The number of rotatable bonds is 5. The summed E-state index contributed by atoms with van der Waals surface area (Å²) in [5.41, 5.74) is 0.880. The topological polar surface area (TPSA) is 59.8 Å². The average molecular weight is 402 g/mol. The Hall–Kier alpha value is -2.90. The zero-order valence-electron chi connectivity index (χ0n) is 16.1. The van der Waals surface area contributed by atoms with Crippen molar-refractivity contribution in [2.45, 2.75) is 43.8 Å². The molecule has 1 amide bonds. The van der Waals surface area contributed by atoms with E-state index in [9.17, 15) is 18.0 Å². The molecule has 1 aliphatic rings. The summed E-state index contributed by atoms with van der Waals surface area (Å²) >= 11 is 0. The van der Waals surface area contributed by atoms with Crippen LogP contribution in [-0.4, -0.2) is 26.8 Å². The maximum absolute atomic E-state index is 13.2. The molecule has 2 heterocycles. The molecule has 5 nitrogen and oxygen atoms in total. The second kappa shape index (κ2) is 6.86. The molecule has 1 aliphatic carbocycles. The fourth-order valence-corrected chi connectivity index (χ4v) is 3.66. The van der Waals surface area contributed by atoms with Crippen molar-refractivity contribution in [3.63, 3.8) is 0 Å². The molecule has 1 N–H and O–H groups in total. The number of nitrogens with zero attached hydrogens (tertiary/aromatic N) is 3. The van der Waals surface area contributed by atoms with Crippen molar-refractivity contribution in [3.05, 3.63) is 59.4 Å². The largest absolute Gasteiger partial charge is 0.398 e. The highest BCUT2D eigenvalue weighted by Crippen LogP contribution is 2.58. The van der Waals surface area contributed by atoms with E-state index in [1.807, 2.05) is 20.0 Å². The van der Waals surface area contributed by atoms with Gasteiger partial charge in [-0.15, -0.1) is 0 Å². The monoisotopic (exact) mass is 402 g/mol. The summed E-state index contributed by atoms with van der Waals surface area (Å²) in [6, 6.07) is 7.88. The van der Waals surface area contributed by atoms with Crippen LogP contribution in [0.3, 0.4) is 0 Å². The molecule has 3 aromatic rings. The van der Waals surface area contributed by atoms with Gasteiger partial charge >= 0.3 is 6.18 Å². The van der Waals surface area contributed by atoms with Crippen molar-refractivity contribution < 1.29 is 18.0 Å². The predicted octanol–water partition coefficient (Wildman–Crippen LogP) is 3.98. The molecular formula is C21H21F3N4O. The third-order valence-electron chi connectivity index (χ3n) is 5.63. The minimum atomic E-state index is -4.23. The number of benzene rings is 1. The maximum Gasteiger partial charge on any atom is 0.398 e. The van der Waals surface area contributed by atoms with Crippen LogP contribution in [0.2, 0.25) is 0 Å². The van der Waals surface area contributed by atoms with Crippen molar-refractivity contribution in [1.29, 1.82) is 0 Å². The molecule has 0 spiro atoms. The lowest BCUT2D eigenvalue weighted by molar-refractivity contribution is -0.160. The second-order valence-electron chi connectivity index (χ2n) is 7.69. The minimum Gasteiger partial charge on any atom is -0.349 e. The van der Waals surface area contributed by atoms with E-state index in [-0.39, 0.29) is 36.8 Å². The Labute approximate surface area is 165 Å².